The van der Waals surface area contributed by atoms with Crippen molar-refractivity contribution in [3.63, 3.8) is 0 Å². The third kappa shape index (κ3) is 4.16. The lowest BCUT2D eigenvalue weighted by molar-refractivity contribution is 0.0950. The first-order valence-electron chi connectivity index (χ1n) is 6.67. The van der Waals surface area contributed by atoms with E-state index in [0.29, 0.717) is 17.7 Å². The molecule has 0 bridgehead atoms. The molecule has 0 unspecified atom stereocenters. The summed E-state index contributed by atoms with van der Waals surface area (Å²) in [4.78, 5) is 16.2. The Labute approximate surface area is 124 Å². The van der Waals surface area contributed by atoms with Gasteiger partial charge in [-0.05, 0) is 42.3 Å². The second-order valence-corrected chi connectivity index (χ2v) is 4.59. The van der Waals surface area contributed by atoms with Crippen LogP contribution in [0, 0.1) is 18.8 Å². The van der Waals surface area contributed by atoms with Crippen LogP contribution in [0.3, 0.4) is 0 Å². The number of carbonyl (C=O) groups is 1. The van der Waals surface area contributed by atoms with Gasteiger partial charge in [0.2, 0.25) is 0 Å². The van der Waals surface area contributed by atoms with Crippen molar-refractivity contribution in [1.82, 2.24) is 10.3 Å². The van der Waals surface area contributed by atoms with Gasteiger partial charge >= 0.3 is 0 Å². The Bertz CT molecular complexity index is 684. The van der Waals surface area contributed by atoms with E-state index in [4.69, 9.17) is 5.73 Å². The average Bonchev–Trinajstić information content (AvgIpc) is 2.51. The number of amides is 1. The van der Waals surface area contributed by atoms with Gasteiger partial charge in [-0.25, -0.2) is 0 Å². The van der Waals surface area contributed by atoms with Gasteiger partial charge in [0.15, 0.2) is 0 Å². The Hall–Kier alpha value is -2.64. The van der Waals surface area contributed by atoms with Crippen LogP contribution in [0.2, 0.25) is 0 Å². The molecular formula is C17H17N3O. The van der Waals surface area contributed by atoms with Gasteiger partial charge < -0.3 is 11.1 Å². The highest BCUT2D eigenvalue weighted by molar-refractivity contribution is 5.96. The molecule has 0 saturated carbocycles. The predicted molar refractivity (Wildman–Crippen MR) is 82.5 cm³/mol. The fraction of sp³-hybridized carbons (Fsp3) is 0.176. The largest absolute Gasteiger partial charge is 0.348 e. The molecule has 2 aromatic rings. The van der Waals surface area contributed by atoms with Crippen molar-refractivity contribution in [1.29, 1.82) is 0 Å². The number of aryl methyl sites for hydroxylation is 1. The van der Waals surface area contributed by atoms with Gasteiger partial charge in [0.05, 0.1) is 12.1 Å². The van der Waals surface area contributed by atoms with Crippen molar-refractivity contribution in [2.45, 2.75) is 13.5 Å². The number of rotatable bonds is 3. The quantitative estimate of drug-likeness (QED) is 0.839. The molecule has 0 fully saturated rings. The smallest absolute Gasteiger partial charge is 0.252 e. The van der Waals surface area contributed by atoms with E-state index in [9.17, 15) is 4.79 Å². The molecule has 4 nitrogen and oxygen atoms in total. The Morgan fingerprint density at radius 2 is 2.05 bits per heavy atom. The van der Waals surface area contributed by atoms with E-state index in [0.717, 1.165) is 11.1 Å². The summed E-state index contributed by atoms with van der Waals surface area (Å²) in [6.07, 6.45) is 3.40. The molecule has 0 radical (unpaired) electrons. The first-order valence-corrected chi connectivity index (χ1v) is 6.67. The zero-order chi connectivity index (χ0) is 15.1. The Morgan fingerprint density at radius 1 is 1.29 bits per heavy atom. The van der Waals surface area contributed by atoms with Crippen LogP contribution in [0.1, 0.15) is 27.0 Å². The molecule has 0 atom stereocenters. The molecule has 1 aromatic carbocycles. The van der Waals surface area contributed by atoms with Gasteiger partial charge in [-0.15, -0.1) is 0 Å². The Morgan fingerprint density at radius 3 is 2.76 bits per heavy atom. The van der Waals surface area contributed by atoms with Crippen LogP contribution in [0.5, 0.6) is 0 Å². The topological polar surface area (TPSA) is 68.0 Å². The molecule has 1 heterocycles. The molecule has 21 heavy (non-hydrogen) atoms. The Balaban J connectivity index is 2.15. The van der Waals surface area contributed by atoms with Crippen LogP contribution in [0.25, 0.3) is 0 Å². The summed E-state index contributed by atoms with van der Waals surface area (Å²) in [7, 11) is 0. The lowest BCUT2D eigenvalue weighted by Gasteiger charge is -2.08. The molecule has 106 valence electrons. The van der Waals surface area contributed by atoms with Crippen LogP contribution in [0.4, 0.5) is 0 Å². The minimum Gasteiger partial charge on any atom is -0.348 e. The maximum atomic E-state index is 12.3. The summed E-state index contributed by atoms with van der Waals surface area (Å²) in [5.74, 6) is 5.59. The standard InChI is InChI=1S/C17H17N3O/c1-13-4-5-16(15(11-13)3-2-8-18)17(21)20-12-14-6-9-19-10-7-14/h4-7,9-11H,8,12,18H2,1H3,(H,20,21). The number of hydrogen-bond acceptors (Lipinski definition) is 3. The molecular weight excluding hydrogens is 262 g/mol. The number of aromatic nitrogens is 1. The van der Waals surface area contributed by atoms with Gasteiger partial charge in [-0.2, -0.15) is 0 Å². The molecule has 0 saturated heterocycles. The third-order valence-corrected chi connectivity index (χ3v) is 2.95. The van der Waals surface area contributed by atoms with E-state index in [2.05, 4.69) is 22.1 Å². The highest BCUT2D eigenvalue weighted by Crippen LogP contribution is 2.11. The molecule has 0 aliphatic heterocycles. The van der Waals surface area contributed by atoms with Crippen molar-refractivity contribution in [2.24, 2.45) is 5.73 Å². The maximum Gasteiger partial charge on any atom is 0.252 e. The minimum absolute atomic E-state index is 0.145. The van der Waals surface area contributed by atoms with Gasteiger partial charge in [0, 0.05) is 24.5 Å². The highest BCUT2D eigenvalue weighted by Gasteiger charge is 2.10. The number of hydrogen-bond donors (Lipinski definition) is 2. The fourth-order valence-corrected chi connectivity index (χ4v) is 1.88. The zero-order valence-electron chi connectivity index (χ0n) is 11.9. The van der Waals surface area contributed by atoms with E-state index in [-0.39, 0.29) is 12.5 Å². The van der Waals surface area contributed by atoms with Crippen molar-refractivity contribution in [3.05, 3.63) is 65.0 Å². The van der Waals surface area contributed by atoms with E-state index in [1.54, 1.807) is 18.5 Å². The summed E-state index contributed by atoms with van der Waals surface area (Å²) in [5, 5.41) is 2.89. The van der Waals surface area contributed by atoms with Crippen molar-refractivity contribution in [2.75, 3.05) is 6.54 Å². The number of nitrogens with one attached hydrogen (secondary N) is 1. The third-order valence-electron chi connectivity index (χ3n) is 2.95. The van der Waals surface area contributed by atoms with Crippen LogP contribution in [-0.2, 0) is 6.54 Å². The monoisotopic (exact) mass is 279 g/mol. The van der Waals surface area contributed by atoms with Crippen molar-refractivity contribution >= 4 is 5.91 Å². The van der Waals surface area contributed by atoms with Gasteiger partial charge in [0.25, 0.3) is 5.91 Å². The van der Waals surface area contributed by atoms with E-state index in [1.165, 1.54) is 0 Å². The van der Waals surface area contributed by atoms with Gasteiger partial charge in [-0.1, -0.05) is 17.9 Å². The molecule has 0 aliphatic rings. The zero-order valence-corrected chi connectivity index (χ0v) is 11.9. The lowest BCUT2D eigenvalue weighted by Crippen LogP contribution is -2.23. The first-order chi connectivity index (χ1) is 10.2. The highest BCUT2D eigenvalue weighted by atomic mass is 16.1. The summed E-state index contributed by atoms with van der Waals surface area (Å²) in [6, 6.07) is 9.31. The summed E-state index contributed by atoms with van der Waals surface area (Å²) in [5.41, 5.74) is 8.72. The fourth-order valence-electron chi connectivity index (χ4n) is 1.88. The maximum absolute atomic E-state index is 12.3. The number of nitrogens with two attached hydrogens (primary N) is 1. The molecule has 0 aliphatic carbocycles. The number of carbonyl (C=O) groups excluding carboxylic acids is 1. The molecule has 2 rings (SSSR count). The molecule has 0 spiro atoms. The first kappa shape index (κ1) is 14.8. The number of pyridine rings is 1. The van der Waals surface area contributed by atoms with Crippen LogP contribution in [-0.4, -0.2) is 17.4 Å². The van der Waals surface area contributed by atoms with Crippen molar-refractivity contribution in [3.8, 4) is 11.8 Å². The SMILES string of the molecule is Cc1ccc(C(=O)NCc2ccncc2)c(C#CCN)c1. The molecule has 4 heteroatoms. The lowest BCUT2D eigenvalue weighted by atomic mass is 10.0. The number of nitrogens with zero attached hydrogens (tertiary/aromatic N) is 1. The Kier molecular flexibility index (Phi) is 5.08. The molecule has 1 amide bonds. The van der Waals surface area contributed by atoms with E-state index in [1.807, 2.05) is 31.2 Å². The van der Waals surface area contributed by atoms with Crippen LogP contribution >= 0.6 is 0 Å². The van der Waals surface area contributed by atoms with Gasteiger partial charge in [0.1, 0.15) is 0 Å². The van der Waals surface area contributed by atoms with Crippen LogP contribution in [0.15, 0.2) is 42.7 Å². The predicted octanol–water partition coefficient (Wildman–Crippen LogP) is 1.63. The minimum atomic E-state index is -0.145. The second kappa shape index (κ2) is 7.22. The van der Waals surface area contributed by atoms with E-state index < -0.39 is 0 Å². The van der Waals surface area contributed by atoms with Crippen molar-refractivity contribution < 1.29 is 4.79 Å². The summed E-state index contributed by atoms with van der Waals surface area (Å²) < 4.78 is 0. The summed E-state index contributed by atoms with van der Waals surface area (Å²) in [6.45, 7) is 2.69. The molecule has 1 aromatic heterocycles. The van der Waals surface area contributed by atoms with Crippen LogP contribution < -0.4 is 11.1 Å². The van der Waals surface area contributed by atoms with Gasteiger partial charge in [-0.3, -0.25) is 9.78 Å². The molecule has 3 N–H and O–H groups in total. The van der Waals surface area contributed by atoms with E-state index >= 15 is 0 Å². The summed E-state index contributed by atoms with van der Waals surface area (Å²) >= 11 is 0. The average molecular weight is 279 g/mol. The second-order valence-electron chi connectivity index (χ2n) is 4.59. The number of benzene rings is 1. The normalized spacial score (nSPS) is 9.62.